The van der Waals surface area contributed by atoms with Crippen LogP contribution in [-0.2, 0) is 0 Å². The molecule has 2 aromatic heterocycles. The van der Waals surface area contributed by atoms with Crippen molar-refractivity contribution in [3.63, 3.8) is 0 Å². The molecule has 0 amide bonds. The number of anilines is 1. The van der Waals surface area contributed by atoms with Crippen LogP contribution in [0.25, 0.3) is 21.3 Å². The average molecular weight is 370 g/mol. The van der Waals surface area contributed by atoms with Crippen LogP contribution in [0.15, 0.2) is 36.0 Å². The van der Waals surface area contributed by atoms with Gasteiger partial charge in [-0.15, -0.1) is 11.3 Å². The minimum atomic E-state index is -0.224. The van der Waals surface area contributed by atoms with E-state index in [2.05, 4.69) is 32.5 Å². The smallest absolute Gasteiger partial charge is 0.138 e. The molecular weight excluding hydrogens is 347 g/mol. The largest absolute Gasteiger partial charge is 0.368 e. The maximum atomic E-state index is 13.3. The highest BCUT2D eigenvalue weighted by molar-refractivity contribution is 7.17. The normalized spacial score (nSPS) is 18.3. The molecule has 1 aliphatic rings. The summed E-state index contributed by atoms with van der Waals surface area (Å²) in [6.45, 7) is 5.37. The summed E-state index contributed by atoms with van der Waals surface area (Å²) in [5.41, 5.74) is 2.04. The van der Waals surface area contributed by atoms with E-state index in [1.54, 1.807) is 17.7 Å². The van der Waals surface area contributed by atoms with Crippen molar-refractivity contribution in [2.45, 2.75) is 32.2 Å². The lowest BCUT2D eigenvalue weighted by Gasteiger charge is -2.33. The Hall–Kier alpha value is -2.05. The molecule has 1 N–H and O–H groups in total. The van der Waals surface area contributed by atoms with E-state index in [1.165, 1.54) is 37.9 Å². The van der Waals surface area contributed by atoms with Gasteiger partial charge in [-0.05, 0) is 44.0 Å². The van der Waals surface area contributed by atoms with Gasteiger partial charge in [0.25, 0.3) is 0 Å². The summed E-state index contributed by atoms with van der Waals surface area (Å²) in [7, 11) is 0. The third kappa shape index (κ3) is 3.57. The van der Waals surface area contributed by atoms with Crippen LogP contribution in [0.2, 0.25) is 0 Å². The summed E-state index contributed by atoms with van der Waals surface area (Å²) in [6.07, 6.45) is 5.53. The van der Waals surface area contributed by atoms with Crippen molar-refractivity contribution in [3.05, 3.63) is 41.8 Å². The van der Waals surface area contributed by atoms with E-state index in [4.69, 9.17) is 0 Å². The van der Waals surface area contributed by atoms with Gasteiger partial charge in [0.05, 0.1) is 5.39 Å². The zero-order chi connectivity index (χ0) is 17.9. The number of fused-ring (bicyclic) bond motifs is 1. The monoisotopic (exact) mass is 370 g/mol. The summed E-state index contributed by atoms with van der Waals surface area (Å²) in [5.74, 6) is 0.638. The number of nitrogens with zero attached hydrogens (tertiary/aromatic N) is 3. The van der Waals surface area contributed by atoms with E-state index in [0.29, 0.717) is 6.04 Å². The highest BCUT2D eigenvalue weighted by Crippen LogP contribution is 2.36. The first-order chi connectivity index (χ1) is 12.7. The molecule has 1 aliphatic heterocycles. The van der Waals surface area contributed by atoms with Crippen molar-refractivity contribution in [1.29, 1.82) is 0 Å². The molecule has 1 saturated heterocycles. The molecule has 0 saturated carbocycles. The van der Waals surface area contributed by atoms with Crippen LogP contribution in [0.5, 0.6) is 0 Å². The maximum absolute atomic E-state index is 13.3. The Bertz CT molecular complexity index is 877. The molecule has 3 aromatic rings. The second kappa shape index (κ2) is 7.68. The predicted octanol–water partition coefficient (Wildman–Crippen LogP) is 4.78. The highest BCUT2D eigenvalue weighted by atomic mass is 32.1. The molecule has 1 fully saturated rings. The Balaban J connectivity index is 1.55. The summed E-state index contributed by atoms with van der Waals surface area (Å²) in [5, 5.41) is 6.60. The van der Waals surface area contributed by atoms with Gasteiger partial charge in [-0.3, -0.25) is 4.90 Å². The lowest BCUT2D eigenvalue weighted by Crippen LogP contribution is -2.40. The van der Waals surface area contributed by atoms with Crippen LogP contribution in [-0.4, -0.2) is 40.5 Å². The van der Waals surface area contributed by atoms with E-state index in [0.717, 1.165) is 40.3 Å². The van der Waals surface area contributed by atoms with E-state index in [9.17, 15) is 4.39 Å². The molecule has 0 aliphatic carbocycles. The third-order valence-electron chi connectivity index (χ3n) is 5.16. The third-order valence-corrected chi connectivity index (χ3v) is 6.04. The number of thiophene rings is 1. The van der Waals surface area contributed by atoms with Gasteiger partial charge < -0.3 is 5.32 Å². The van der Waals surface area contributed by atoms with Gasteiger partial charge in [0.1, 0.15) is 22.8 Å². The Labute approximate surface area is 157 Å². The standard InChI is InChI=1S/C20H23FN4S/c1-14-4-2-3-10-25(14)11-9-22-19-18-17(12-26-20(18)24-13-23-19)15-5-7-16(21)8-6-15/h5-8,12-14H,2-4,9-11H2,1H3,(H,22,23,24). The van der Waals surface area contributed by atoms with Crippen molar-refractivity contribution >= 4 is 27.4 Å². The van der Waals surface area contributed by atoms with E-state index < -0.39 is 0 Å². The molecule has 0 radical (unpaired) electrons. The number of piperidine rings is 1. The number of aromatic nitrogens is 2. The molecule has 0 spiro atoms. The Morgan fingerprint density at radius 2 is 2.08 bits per heavy atom. The fourth-order valence-corrected chi connectivity index (χ4v) is 4.57. The van der Waals surface area contributed by atoms with Gasteiger partial charge in [-0.2, -0.15) is 0 Å². The number of benzene rings is 1. The van der Waals surface area contributed by atoms with Crippen LogP contribution >= 0.6 is 11.3 Å². The zero-order valence-corrected chi connectivity index (χ0v) is 15.7. The molecule has 1 unspecified atom stereocenters. The minimum absolute atomic E-state index is 0.224. The zero-order valence-electron chi connectivity index (χ0n) is 14.9. The Morgan fingerprint density at radius 1 is 1.23 bits per heavy atom. The number of rotatable bonds is 5. The SMILES string of the molecule is CC1CCCCN1CCNc1ncnc2scc(-c3ccc(F)cc3)c12. The van der Waals surface area contributed by atoms with Gasteiger partial charge in [0.2, 0.25) is 0 Å². The van der Waals surface area contributed by atoms with Gasteiger partial charge in [0.15, 0.2) is 0 Å². The molecule has 136 valence electrons. The molecule has 3 heterocycles. The molecular formula is C20H23FN4S. The second-order valence-electron chi connectivity index (χ2n) is 6.87. The number of hydrogen-bond donors (Lipinski definition) is 1. The summed E-state index contributed by atoms with van der Waals surface area (Å²) >= 11 is 1.59. The Morgan fingerprint density at radius 3 is 2.88 bits per heavy atom. The summed E-state index contributed by atoms with van der Waals surface area (Å²) in [4.78, 5) is 12.4. The average Bonchev–Trinajstić information content (AvgIpc) is 3.09. The second-order valence-corrected chi connectivity index (χ2v) is 7.72. The van der Waals surface area contributed by atoms with E-state index in [-0.39, 0.29) is 5.82 Å². The number of nitrogens with one attached hydrogen (secondary N) is 1. The lowest BCUT2D eigenvalue weighted by atomic mass is 10.0. The first kappa shape index (κ1) is 17.4. The predicted molar refractivity (Wildman–Crippen MR) is 106 cm³/mol. The topological polar surface area (TPSA) is 41.0 Å². The fourth-order valence-electron chi connectivity index (χ4n) is 3.66. The molecule has 4 nitrogen and oxygen atoms in total. The van der Waals surface area contributed by atoms with Crippen molar-refractivity contribution in [1.82, 2.24) is 14.9 Å². The summed E-state index contributed by atoms with van der Waals surface area (Å²) < 4.78 is 13.3. The van der Waals surface area contributed by atoms with Crippen LogP contribution in [0.4, 0.5) is 10.2 Å². The van der Waals surface area contributed by atoms with Gasteiger partial charge in [0, 0.05) is 30.1 Å². The molecule has 4 rings (SSSR count). The van der Waals surface area contributed by atoms with Crippen molar-refractivity contribution in [3.8, 4) is 11.1 Å². The van der Waals surface area contributed by atoms with Crippen LogP contribution < -0.4 is 5.32 Å². The van der Waals surface area contributed by atoms with Gasteiger partial charge >= 0.3 is 0 Å². The lowest BCUT2D eigenvalue weighted by molar-refractivity contribution is 0.167. The first-order valence-electron chi connectivity index (χ1n) is 9.18. The molecule has 1 atom stereocenters. The molecule has 1 aromatic carbocycles. The van der Waals surface area contributed by atoms with Crippen LogP contribution in [0, 0.1) is 5.82 Å². The number of hydrogen-bond acceptors (Lipinski definition) is 5. The quantitative estimate of drug-likeness (QED) is 0.701. The van der Waals surface area contributed by atoms with Crippen molar-refractivity contribution in [2.75, 3.05) is 25.0 Å². The maximum Gasteiger partial charge on any atom is 0.138 e. The van der Waals surface area contributed by atoms with Gasteiger partial charge in [-0.25, -0.2) is 14.4 Å². The number of likely N-dealkylation sites (tertiary alicyclic amines) is 1. The van der Waals surface area contributed by atoms with E-state index in [1.807, 2.05) is 12.1 Å². The van der Waals surface area contributed by atoms with Crippen molar-refractivity contribution < 1.29 is 4.39 Å². The van der Waals surface area contributed by atoms with Gasteiger partial charge in [-0.1, -0.05) is 18.6 Å². The summed E-state index contributed by atoms with van der Waals surface area (Å²) in [6, 6.07) is 7.26. The molecule has 6 heteroatoms. The van der Waals surface area contributed by atoms with Crippen LogP contribution in [0.3, 0.4) is 0 Å². The molecule has 0 bridgehead atoms. The first-order valence-corrected chi connectivity index (χ1v) is 10.1. The van der Waals surface area contributed by atoms with E-state index >= 15 is 0 Å². The van der Waals surface area contributed by atoms with Crippen LogP contribution in [0.1, 0.15) is 26.2 Å². The molecule has 26 heavy (non-hydrogen) atoms. The van der Waals surface area contributed by atoms with Crippen molar-refractivity contribution in [2.24, 2.45) is 0 Å². The highest BCUT2D eigenvalue weighted by Gasteiger charge is 2.18. The Kier molecular flexibility index (Phi) is 5.13. The minimum Gasteiger partial charge on any atom is -0.368 e. The fraction of sp³-hybridized carbons (Fsp3) is 0.400. The number of halogens is 1.